The Morgan fingerprint density at radius 2 is 2.19 bits per heavy atom. The highest BCUT2D eigenvalue weighted by Crippen LogP contribution is 2.25. The highest BCUT2D eigenvalue weighted by molar-refractivity contribution is 5.54. The highest BCUT2D eigenvalue weighted by Gasteiger charge is 2.23. The molecule has 4 heteroatoms. The van der Waals surface area contributed by atoms with Crippen molar-refractivity contribution < 1.29 is 0 Å². The van der Waals surface area contributed by atoms with E-state index in [1.165, 1.54) is 24.1 Å². The van der Waals surface area contributed by atoms with E-state index in [-0.39, 0.29) is 0 Å². The molecule has 1 fully saturated rings. The van der Waals surface area contributed by atoms with E-state index < -0.39 is 0 Å². The van der Waals surface area contributed by atoms with Crippen molar-refractivity contribution in [2.45, 2.75) is 52.2 Å². The fraction of sp³-hybridized carbons (Fsp3) is 0.706. The molecular weight excluding hydrogens is 260 g/mol. The molecule has 0 radical (unpaired) electrons. The Hall–Kier alpha value is -1.13. The number of rotatable bonds is 5. The maximum absolute atomic E-state index is 4.49. The van der Waals surface area contributed by atoms with Gasteiger partial charge >= 0.3 is 0 Å². The lowest BCUT2D eigenvalue weighted by Crippen LogP contribution is -2.45. The van der Waals surface area contributed by atoms with Crippen LogP contribution in [0.4, 0.5) is 5.69 Å². The lowest BCUT2D eigenvalue weighted by atomic mass is 10.0. The summed E-state index contributed by atoms with van der Waals surface area (Å²) in [6.07, 6.45) is 4.60. The number of anilines is 1. The molecule has 2 rings (SSSR count). The smallest absolute Gasteiger partial charge is 0.0446 e. The van der Waals surface area contributed by atoms with Crippen LogP contribution in [0.5, 0.6) is 0 Å². The van der Waals surface area contributed by atoms with Gasteiger partial charge in [-0.1, -0.05) is 13.8 Å². The maximum Gasteiger partial charge on any atom is 0.0446 e. The molecule has 0 bridgehead atoms. The van der Waals surface area contributed by atoms with Crippen molar-refractivity contribution in [2.75, 3.05) is 32.1 Å². The first-order chi connectivity index (χ1) is 9.97. The van der Waals surface area contributed by atoms with Gasteiger partial charge in [-0.2, -0.15) is 0 Å². The maximum atomic E-state index is 4.49. The first-order valence-corrected chi connectivity index (χ1v) is 8.07. The van der Waals surface area contributed by atoms with Crippen LogP contribution in [0.15, 0.2) is 12.3 Å². The number of aromatic nitrogens is 1. The van der Waals surface area contributed by atoms with Gasteiger partial charge in [-0.05, 0) is 39.9 Å². The van der Waals surface area contributed by atoms with Crippen LogP contribution in [0.2, 0.25) is 0 Å². The molecule has 0 aliphatic carbocycles. The van der Waals surface area contributed by atoms with E-state index in [4.69, 9.17) is 0 Å². The molecule has 21 heavy (non-hydrogen) atoms. The number of aryl methyl sites for hydroxylation is 1. The summed E-state index contributed by atoms with van der Waals surface area (Å²) in [5, 5.41) is 3.52. The lowest BCUT2D eigenvalue weighted by molar-refractivity contribution is 0.258. The molecule has 1 aromatic heterocycles. The molecule has 2 heterocycles. The van der Waals surface area contributed by atoms with E-state index in [1.807, 2.05) is 6.20 Å². The number of hydrogen-bond acceptors (Lipinski definition) is 4. The van der Waals surface area contributed by atoms with Crippen LogP contribution in [0.3, 0.4) is 0 Å². The van der Waals surface area contributed by atoms with Crippen molar-refractivity contribution in [1.82, 2.24) is 15.2 Å². The van der Waals surface area contributed by atoms with Gasteiger partial charge in [-0.15, -0.1) is 0 Å². The van der Waals surface area contributed by atoms with E-state index in [1.54, 1.807) is 0 Å². The topological polar surface area (TPSA) is 31.4 Å². The summed E-state index contributed by atoms with van der Waals surface area (Å²) in [5.41, 5.74) is 3.78. The molecule has 1 aromatic rings. The van der Waals surface area contributed by atoms with E-state index in [0.717, 1.165) is 25.3 Å². The molecule has 1 saturated heterocycles. The van der Waals surface area contributed by atoms with Gasteiger partial charge in [0, 0.05) is 54.9 Å². The fourth-order valence-corrected chi connectivity index (χ4v) is 2.91. The number of likely N-dealkylation sites (N-methyl/N-ethyl adjacent to an activating group) is 1. The molecule has 1 atom stereocenters. The number of piperidine rings is 1. The van der Waals surface area contributed by atoms with Crippen molar-refractivity contribution >= 4 is 5.69 Å². The van der Waals surface area contributed by atoms with Crippen molar-refractivity contribution in [3.63, 3.8) is 0 Å². The van der Waals surface area contributed by atoms with Gasteiger partial charge in [-0.25, -0.2) is 0 Å². The Kier molecular flexibility index (Phi) is 5.59. The number of hydrogen-bond donors (Lipinski definition) is 1. The van der Waals surface area contributed by atoms with Crippen LogP contribution in [0, 0.1) is 6.92 Å². The molecule has 0 aromatic carbocycles. The van der Waals surface area contributed by atoms with Crippen LogP contribution in [0.25, 0.3) is 0 Å². The third kappa shape index (κ3) is 4.42. The van der Waals surface area contributed by atoms with Gasteiger partial charge in [0.1, 0.15) is 0 Å². The zero-order chi connectivity index (χ0) is 15.4. The normalized spacial score (nSPS) is 19.6. The third-order valence-corrected chi connectivity index (χ3v) is 4.27. The lowest BCUT2D eigenvalue weighted by Gasteiger charge is -2.38. The summed E-state index contributed by atoms with van der Waals surface area (Å²) >= 11 is 0. The van der Waals surface area contributed by atoms with Gasteiger partial charge in [0.05, 0.1) is 0 Å². The van der Waals surface area contributed by atoms with E-state index >= 15 is 0 Å². The SMILES string of the molecule is Cc1cc(N2CCCC(N(C)C)C2)c(CNC(C)C)cn1. The van der Waals surface area contributed by atoms with Crippen molar-refractivity contribution in [3.05, 3.63) is 23.5 Å². The summed E-state index contributed by atoms with van der Waals surface area (Å²) in [4.78, 5) is 9.38. The Labute approximate surface area is 129 Å². The van der Waals surface area contributed by atoms with Gasteiger partial charge in [0.2, 0.25) is 0 Å². The minimum absolute atomic E-state index is 0.495. The Bertz CT molecular complexity index is 456. The predicted molar refractivity (Wildman–Crippen MR) is 89.9 cm³/mol. The minimum Gasteiger partial charge on any atom is -0.370 e. The monoisotopic (exact) mass is 290 g/mol. The summed E-state index contributed by atoms with van der Waals surface area (Å²) in [6, 6.07) is 3.39. The van der Waals surface area contributed by atoms with Gasteiger partial charge < -0.3 is 15.1 Å². The average molecular weight is 290 g/mol. The number of pyridine rings is 1. The molecule has 1 N–H and O–H groups in total. The fourth-order valence-electron chi connectivity index (χ4n) is 2.91. The predicted octanol–water partition coefficient (Wildman–Crippen LogP) is 2.42. The molecule has 1 aliphatic rings. The van der Waals surface area contributed by atoms with Crippen molar-refractivity contribution in [2.24, 2.45) is 0 Å². The Morgan fingerprint density at radius 1 is 1.43 bits per heavy atom. The summed E-state index contributed by atoms with van der Waals surface area (Å²) < 4.78 is 0. The van der Waals surface area contributed by atoms with Crippen LogP contribution in [-0.4, -0.2) is 49.2 Å². The second-order valence-electron chi connectivity index (χ2n) is 6.70. The molecule has 1 aliphatic heterocycles. The third-order valence-electron chi connectivity index (χ3n) is 4.27. The minimum atomic E-state index is 0.495. The molecule has 0 amide bonds. The average Bonchev–Trinajstić information content (AvgIpc) is 2.46. The molecule has 1 unspecified atom stereocenters. The summed E-state index contributed by atoms with van der Waals surface area (Å²) in [7, 11) is 4.38. The highest BCUT2D eigenvalue weighted by atomic mass is 15.2. The Morgan fingerprint density at radius 3 is 2.86 bits per heavy atom. The second-order valence-corrected chi connectivity index (χ2v) is 6.70. The molecule has 0 saturated carbocycles. The number of nitrogens with one attached hydrogen (secondary N) is 1. The zero-order valence-electron chi connectivity index (χ0n) is 14.2. The molecule has 0 spiro atoms. The quantitative estimate of drug-likeness (QED) is 0.902. The summed E-state index contributed by atoms with van der Waals surface area (Å²) in [6.45, 7) is 9.61. The van der Waals surface area contributed by atoms with Crippen LogP contribution >= 0.6 is 0 Å². The van der Waals surface area contributed by atoms with Crippen molar-refractivity contribution in [1.29, 1.82) is 0 Å². The van der Waals surface area contributed by atoms with Crippen LogP contribution < -0.4 is 10.2 Å². The largest absolute Gasteiger partial charge is 0.370 e. The Balaban J connectivity index is 2.18. The van der Waals surface area contributed by atoms with E-state index in [9.17, 15) is 0 Å². The van der Waals surface area contributed by atoms with Crippen molar-refractivity contribution in [3.8, 4) is 0 Å². The van der Waals surface area contributed by atoms with Crippen LogP contribution in [-0.2, 0) is 6.54 Å². The van der Waals surface area contributed by atoms with Gasteiger partial charge in [0.15, 0.2) is 0 Å². The first-order valence-electron chi connectivity index (χ1n) is 8.07. The van der Waals surface area contributed by atoms with E-state index in [2.05, 4.69) is 61.0 Å². The standard InChI is InChI=1S/C17H30N4/c1-13(2)18-10-15-11-19-14(3)9-17(15)21-8-6-7-16(12-21)20(4)5/h9,11,13,16,18H,6-8,10,12H2,1-5H3. The summed E-state index contributed by atoms with van der Waals surface area (Å²) in [5.74, 6) is 0. The molecular formula is C17H30N4. The van der Waals surface area contributed by atoms with E-state index in [0.29, 0.717) is 12.1 Å². The number of nitrogens with zero attached hydrogens (tertiary/aromatic N) is 3. The molecule has 4 nitrogen and oxygen atoms in total. The molecule has 118 valence electrons. The van der Waals surface area contributed by atoms with Gasteiger partial charge in [0.25, 0.3) is 0 Å². The zero-order valence-corrected chi connectivity index (χ0v) is 14.2. The van der Waals surface area contributed by atoms with Gasteiger partial charge in [-0.3, -0.25) is 4.98 Å². The van der Waals surface area contributed by atoms with Crippen LogP contribution in [0.1, 0.15) is 37.9 Å². The second kappa shape index (κ2) is 7.23. The first kappa shape index (κ1) is 16.2.